The van der Waals surface area contributed by atoms with Crippen LogP contribution in [-0.2, 0) is 0 Å². The van der Waals surface area contributed by atoms with Crippen molar-refractivity contribution >= 4 is 11.6 Å². The fraction of sp³-hybridized carbons (Fsp3) is 0.423. The van der Waals surface area contributed by atoms with E-state index in [1.807, 2.05) is 24.3 Å². The highest BCUT2D eigenvalue weighted by Crippen LogP contribution is 2.45. The smallest absolute Gasteiger partial charge is 0.255 e. The van der Waals surface area contributed by atoms with Gasteiger partial charge in [0.15, 0.2) is 0 Å². The monoisotopic (exact) mass is 373 g/mol. The van der Waals surface area contributed by atoms with E-state index in [1.54, 1.807) is 0 Å². The summed E-state index contributed by atoms with van der Waals surface area (Å²) in [5, 5.41) is 3.08. The van der Waals surface area contributed by atoms with Gasteiger partial charge in [-0.25, -0.2) is 0 Å². The molecule has 0 radical (unpaired) electrons. The standard InChI is InChI=1S/C26H31NO/c1-18(2)22-10-5-6-12-25(22)26(28)27-21-16-14-20(15-17-21)24-13-7-9-19-8-3-4-11-23(19)24/h5-7,10,12-19,23-24H,3-4,8-9,11H2,1-2H3,(H,27,28). The van der Waals surface area contributed by atoms with Crippen molar-refractivity contribution in [2.24, 2.45) is 11.8 Å². The van der Waals surface area contributed by atoms with Gasteiger partial charge in [-0.1, -0.05) is 69.2 Å². The average molecular weight is 374 g/mol. The molecule has 1 fully saturated rings. The maximum Gasteiger partial charge on any atom is 0.255 e. The van der Waals surface area contributed by atoms with Gasteiger partial charge >= 0.3 is 0 Å². The summed E-state index contributed by atoms with van der Waals surface area (Å²) in [4.78, 5) is 12.8. The fourth-order valence-corrected chi connectivity index (χ4v) is 5.10. The van der Waals surface area contributed by atoms with Gasteiger partial charge in [0.05, 0.1) is 0 Å². The van der Waals surface area contributed by atoms with Crippen LogP contribution in [0.25, 0.3) is 0 Å². The largest absolute Gasteiger partial charge is 0.322 e. The number of carbonyl (C=O) groups excluding carboxylic acids is 1. The molecule has 2 heteroatoms. The Kier molecular flexibility index (Phi) is 5.66. The third-order valence-electron chi connectivity index (χ3n) is 6.59. The first kappa shape index (κ1) is 19.0. The van der Waals surface area contributed by atoms with Crippen LogP contribution in [-0.4, -0.2) is 5.91 Å². The Bertz CT molecular complexity index is 849. The lowest BCUT2D eigenvalue weighted by Crippen LogP contribution is -2.27. The zero-order valence-corrected chi connectivity index (χ0v) is 17.0. The van der Waals surface area contributed by atoms with Crippen molar-refractivity contribution < 1.29 is 4.79 Å². The number of anilines is 1. The first-order valence-corrected chi connectivity index (χ1v) is 10.8. The molecule has 2 aromatic rings. The van der Waals surface area contributed by atoms with Crippen molar-refractivity contribution in [3.8, 4) is 0 Å². The van der Waals surface area contributed by atoms with Gasteiger partial charge in [0, 0.05) is 17.2 Å². The number of nitrogens with one attached hydrogen (secondary N) is 1. The summed E-state index contributed by atoms with van der Waals surface area (Å²) in [5.41, 5.74) is 4.11. The van der Waals surface area contributed by atoms with Crippen LogP contribution in [0.4, 0.5) is 5.69 Å². The van der Waals surface area contributed by atoms with Crippen LogP contribution in [0.3, 0.4) is 0 Å². The summed E-state index contributed by atoms with van der Waals surface area (Å²) in [6.45, 7) is 4.24. The van der Waals surface area contributed by atoms with Crippen molar-refractivity contribution in [1.29, 1.82) is 0 Å². The van der Waals surface area contributed by atoms with Gasteiger partial charge in [-0.15, -0.1) is 0 Å². The normalized spacial score (nSPS) is 24.0. The number of fused-ring (bicyclic) bond motifs is 1. The van der Waals surface area contributed by atoms with Crippen LogP contribution >= 0.6 is 0 Å². The van der Waals surface area contributed by atoms with Gasteiger partial charge in [-0.2, -0.15) is 0 Å². The molecule has 0 heterocycles. The minimum atomic E-state index is -0.0260. The predicted molar refractivity (Wildman–Crippen MR) is 117 cm³/mol. The van der Waals surface area contributed by atoms with Crippen molar-refractivity contribution in [2.75, 3.05) is 5.32 Å². The molecule has 146 valence electrons. The third-order valence-corrected chi connectivity index (χ3v) is 6.59. The molecule has 0 bridgehead atoms. The molecule has 1 saturated carbocycles. The first-order chi connectivity index (χ1) is 13.6. The highest BCUT2D eigenvalue weighted by atomic mass is 16.1. The molecule has 2 aliphatic carbocycles. The molecule has 3 atom stereocenters. The van der Waals surface area contributed by atoms with Crippen LogP contribution in [0.5, 0.6) is 0 Å². The third kappa shape index (κ3) is 3.92. The summed E-state index contributed by atoms with van der Waals surface area (Å²) >= 11 is 0. The molecule has 4 rings (SSSR count). The number of carbonyl (C=O) groups is 1. The van der Waals surface area contributed by atoms with Crippen molar-refractivity contribution in [1.82, 2.24) is 0 Å². The molecule has 2 aliphatic rings. The number of benzene rings is 2. The van der Waals surface area contributed by atoms with Crippen LogP contribution in [0.1, 0.15) is 79.3 Å². The average Bonchev–Trinajstić information content (AvgIpc) is 2.74. The molecule has 28 heavy (non-hydrogen) atoms. The second-order valence-corrected chi connectivity index (χ2v) is 8.72. The first-order valence-electron chi connectivity index (χ1n) is 10.8. The van der Waals surface area contributed by atoms with Crippen LogP contribution in [0.15, 0.2) is 60.7 Å². The van der Waals surface area contributed by atoms with Crippen LogP contribution < -0.4 is 5.32 Å². The van der Waals surface area contributed by atoms with E-state index in [0.717, 1.165) is 28.7 Å². The van der Waals surface area contributed by atoms with Crippen molar-refractivity contribution in [3.63, 3.8) is 0 Å². The highest BCUT2D eigenvalue weighted by molar-refractivity contribution is 6.05. The summed E-state index contributed by atoms with van der Waals surface area (Å²) in [6.07, 6.45) is 11.6. The minimum Gasteiger partial charge on any atom is -0.322 e. The molecule has 3 unspecified atom stereocenters. The zero-order valence-electron chi connectivity index (χ0n) is 17.0. The lowest BCUT2D eigenvalue weighted by Gasteiger charge is -2.38. The quantitative estimate of drug-likeness (QED) is 0.579. The van der Waals surface area contributed by atoms with E-state index in [2.05, 4.69) is 55.6 Å². The molecule has 0 aromatic heterocycles. The van der Waals surface area contributed by atoms with E-state index >= 15 is 0 Å². The van der Waals surface area contributed by atoms with Crippen LogP contribution in [0.2, 0.25) is 0 Å². The van der Waals surface area contributed by atoms with E-state index in [-0.39, 0.29) is 5.91 Å². The Morgan fingerprint density at radius 1 is 1.00 bits per heavy atom. The number of rotatable bonds is 4. The number of allylic oxidation sites excluding steroid dienone is 2. The summed E-state index contributed by atoms with van der Waals surface area (Å²) in [7, 11) is 0. The van der Waals surface area contributed by atoms with Gasteiger partial charge < -0.3 is 5.32 Å². The molecule has 2 aromatic carbocycles. The lowest BCUT2D eigenvalue weighted by atomic mass is 9.66. The minimum absolute atomic E-state index is 0.0260. The van der Waals surface area contributed by atoms with Gasteiger partial charge in [0.25, 0.3) is 5.91 Å². The molecular weight excluding hydrogens is 342 g/mol. The fourth-order valence-electron chi connectivity index (χ4n) is 5.10. The zero-order chi connectivity index (χ0) is 19.5. The second kappa shape index (κ2) is 8.34. The topological polar surface area (TPSA) is 29.1 Å². The maximum absolute atomic E-state index is 12.8. The SMILES string of the molecule is CC(C)c1ccccc1C(=O)Nc1ccc(C2C=CCC3CCCCC32)cc1. The second-order valence-electron chi connectivity index (χ2n) is 8.72. The summed E-state index contributed by atoms with van der Waals surface area (Å²) in [5.74, 6) is 2.48. The Labute approximate surface area is 169 Å². The number of hydrogen-bond acceptors (Lipinski definition) is 1. The molecule has 1 amide bonds. The molecule has 0 saturated heterocycles. The van der Waals surface area contributed by atoms with Gasteiger partial charge in [-0.3, -0.25) is 4.79 Å². The Hall–Kier alpha value is -2.35. The Morgan fingerprint density at radius 2 is 1.75 bits per heavy atom. The number of amides is 1. The van der Waals surface area contributed by atoms with Crippen molar-refractivity contribution in [3.05, 3.63) is 77.4 Å². The molecular formula is C26H31NO. The van der Waals surface area contributed by atoms with Gasteiger partial charge in [0.1, 0.15) is 0 Å². The number of hydrogen-bond donors (Lipinski definition) is 1. The van der Waals surface area contributed by atoms with E-state index in [1.165, 1.54) is 37.7 Å². The Morgan fingerprint density at radius 3 is 2.54 bits per heavy atom. The van der Waals surface area contributed by atoms with Gasteiger partial charge in [0.2, 0.25) is 0 Å². The van der Waals surface area contributed by atoms with Crippen molar-refractivity contribution in [2.45, 2.75) is 57.8 Å². The van der Waals surface area contributed by atoms with E-state index in [4.69, 9.17) is 0 Å². The van der Waals surface area contributed by atoms with E-state index in [0.29, 0.717) is 11.8 Å². The highest BCUT2D eigenvalue weighted by Gasteiger charge is 2.32. The van der Waals surface area contributed by atoms with E-state index < -0.39 is 0 Å². The van der Waals surface area contributed by atoms with Crippen LogP contribution in [0, 0.1) is 11.8 Å². The Balaban J connectivity index is 1.49. The lowest BCUT2D eigenvalue weighted by molar-refractivity contribution is 0.102. The molecule has 0 spiro atoms. The predicted octanol–water partition coefficient (Wildman–Crippen LogP) is 6.91. The van der Waals surface area contributed by atoms with E-state index in [9.17, 15) is 4.79 Å². The van der Waals surface area contributed by atoms with Gasteiger partial charge in [-0.05, 0) is 66.3 Å². The summed E-state index contributed by atoms with van der Waals surface area (Å²) < 4.78 is 0. The maximum atomic E-state index is 12.8. The summed E-state index contributed by atoms with van der Waals surface area (Å²) in [6, 6.07) is 16.4. The molecule has 1 N–H and O–H groups in total. The molecule has 2 nitrogen and oxygen atoms in total. The molecule has 0 aliphatic heterocycles.